The van der Waals surface area contributed by atoms with Crippen molar-refractivity contribution in [3.63, 3.8) is 0 Å². The number of benzene rings is 1. The van der Waals surface area contributed by atoms with E-state index in [0.29, 0.717) is 13.0 Å². The van der Waals surface area contributed by atoms with E-state index in [2.05, 4.69) is 5.32 Å². The molecule has 2 atom stereocenters. The third-order valence-electron chi connectivity index (χ3n) is 3.18. The molecule has 1 aromatic carbocycles. The molecule has 1 heterocycles. The van der Waals surface area contributed by atoms with Crippen molar-refractivity contribution in [1.82, 2.24) is 5.32 Å². The molecule has 1 aliphatic rings. The Morgan fingerprint density at radius 1 is 1.33 bits per heavy atom. The van der Waals surface area contributed by atoms with E-state index < -0.39 is 0 Å². The zero-order valence-corrected chi connectivity index (χ0v) is 10.4. The second-order valence-electron chi connectivity index (χ2n) is 4.54. The van der Waals surface area contributed by atoms with Crippen molar-refractivity contribution in [1.29, 1.82) is 0 Å². The standard InChI is InChI=1S/C14H17NO3/c1-10(16)18-8-7-13-12(14(17)15-13)9-11-5-3-2-4-6-11/h2-6,12-13H,7-9H2,1H3,(H,15,17). The van der Waals surface area contributed by atoms with Crippen LogP contribution in [0.15, 0.2) is 30.3 Å². The molecule has 0 aromatic heterocycles. The molecule has 18 heavy (non-hydrogen) atoms. The summed E-state index contributed by atoms with van der Waals surface area (Å²) >= 11 is 0. The van der Waals surface area contributed by atoms with Gasteiger partial charge in [-0.15, -0.1) is 0 Å². The highest BCUT2D eigenvalue weighted by molar-refractivity contribution is 5.86. The van der Waals surface area contributed by atoms with E-state index >= 15 is 0 Å². The van der Waals surface area contributed by atoms with E-state index in [4.69, 9.17) is 4.74 Å². The number of ether oxygens (including phenoxy) is 1. The third-order valence-corrected chi connectivity index (χ3v) is 3.18. The fraction of sp³-hybridized carbons (Fsp3) is 0.429. The monoisotopic (exact) mass is 247 g/mol. The van der Waals surface area contributed by atoms with E-state index in [1.54, 1.807) is 0 Å². The van der Waals surface area contributed by atoms with Gasteiger partial charge < -0.3 is 10.1 Å². The second kappa shape index (κ2) is 5.67. The molecular weight excluding hydrogens is 230 g/mol. The van der Waals surface area contributed by atoms with Gasteiger partial charge in [0.2, 0.25) is 5.91 Å². The van der Waals surface area contributed by atoms with Crippen molar-refractivity contribution in [2.45, 2.75) is 25.8 Å². The molecule has 0 radical (unpaired) electrons. The van der Waals surface area contributed by atoms with Crippen LogP contribution in [-0.2, 0) is 20.7 Å². The minimum absolute atomic E-state index is 0.00274. The van der Waals surface area contributed by atoms with Crippen LogP contribution in [-0.4, -0.2) is 24.5 Å². The lowest BCUT2D eigenvalue weighted by Gasteiger charge is -2.36. The van der Waals surface area contributed by atoms with Crippen molar-refractivity contribution in [2.75, 3.05) is 6.61 Å². The molecule has 4 heteroatoms. The van der Waals surface area contributed by atoms with Crippen LogP contribution in [0.3, 0.4) is 0 Å². The highest BCUT2D eigenvalue weighted by atomic mass is 16.5. The van der Waals surface area contributed by atoms with Crippen molar-refractivity contribution < 1.29 is 14.3 Å². The number of hydrogen-bond donors (Lipinski definition) is 1. The van der Waals surface area contributed by atoms with Gasteiger partial charge in [-0.1, -0.05) is 30.3 Å². The number of rotatable bonds is 5. The molecule has 1 amide bonds. The highest BCUT2D eigenvalue weighted by Gasteiger charge is 2.38. The first-order valence-electron chi connectivity index (χ1n) is 6.14. The van der Waals surface area contributed by atoms with Crippen LogP contribution in [0.2, 0.25) is 0 Å². The van der Waals surface area contributed by atoms with E-state index in [1.807, 2.05) is 30.3 Å². The average molecular weight is 247 g/mol. The summed E-state index contributed by atoms with van der Waals surface area (Å²) in [5, 5.41) is 2.86. The Morgan fingerprint density at radius 3 is 2.67 bits per heavy atom. The number of β-lactam (4-membered cyclic amide) rings is 1. The number of hydrogen-bond acceptors (Lipinski definition) is 3. The summed E-state index contributed by atoms with van der Waals surface area (Å²) in [5.74, 6) is -0.185. The molecule has 96 valence electrons. The maximum absolute atomic E-state index is 11.5. The molecule has 0 bridgehead atoms. The Labute approximate surface area is 106 Å². The molecule has 0 spiro atoms. The lowest BCUT2D eigenvalue weighted by atomic mass is 9.83. The third kappa shape index (κ3) is 3.09. The Kier molecular flexibility index (Phi) is 3.97. The van der Waals surface area contributed by atoms with Crippen molar-refractivity contribution in [2.24, 2.45) is 5.92 Å². The van der Waals surface area contributed by atoms with Gasteiger partial charge in [-0.3, -0.25) is 9.59 Å². The molecule has 2 unspecified atom stereocenters. The smallest absolute Gasteiger partial charge is 0.302 e. The first kappa shape index (κ1) is 12.6. The van der Waals surface area contributed by atoms with Crippen LogP contribution in [0.4, 0.5) is 0 Å². The number of amides is 1. The van der Waals surface area contributed by atoms with Crippen LogP contribution < -0.4 is 5.32 Å². The number of carbonyl (C=O) groups is 2. The molecule has 1 aliphatic heterocycles. The van der Waals surface area contributed by atoms with Gasteiger partial charge in [0.1, 0.15) is 0 Å². The van der Waals surface area contributed by atoms with Crippen molar-refractivity contribution >= 4 is 11.9 Å². The summed E-state index contributed by atoms with van der Waals surface area (Å²) in [5.41, 5.74) is 1.16. The van der Waals surface area contributed by atoms with Crippen molar-refractivity contribution in [3.05, 3.63) is 35.9 Å². The summed E-state index contributed by atoms with van der Waals surface area (Å²) < 4.78 is 4.89. The van der Waals surface area contributed by atoms with Crippen LogP contribution in [0, 0.1) is 5.92 Å². The lowest BCUT2D eigenvalue weighted by molar-refractivity contribution is -0.142. The first-order chi connectivity index (χ1) is 8.66. The van der Waals surface area contributed by atoms with Gasteiger partial charge in [0.25, 0.3) is 0 Å². The Morgan fingerprint density at radius 2 is 2.06 bits per heavy atom. The SMILES string of the molecule is CC(=O)OCCC1NC(=O)C1Cc1ccccc1. The Hall–Kier alpha value is -1.84. The quantitative estimate of drug-likeness (QED) is 0.630. The average Bonchev–Trinajstić information content (AvgIpc) is 2.36. The second-order valence-corrected chi connectivity index (χ2v) is 4.54. The maximum atomic E-state index is 11.5. The zero-order valence-electron chi connectivity index (χ0n) is 10.4. The highest BCUT2D eigenvalue weighted by Crippen LogP contribution is 2.22. The molecule has 0 aliphatic carbocycles. The van der Waals surface area contributed by atoms with Gasteiger partial charge in [0.05, 0.1) is 12.5 Å². The zero-order chi connectivity index (χ0) is 13.0. The van der Waals surface area contributed by atoms with Crippen LogP contribution >= 0.6 is 0 Å². The lowest BCUT2D eigenvalue weighted by Crippen LogP contribution is -2.59. The summed E-state index contributed by atoms with van der Waals surface area (Å²) in [4.78, 5) is 22.2. The van der Waals surface area contributed by atoms with Crippen molar-refractivity contribution in [3.8, 4) is 0 Å². The summed E-state index contributed by atoms with van der Waals surface area (Å²) in [7, 11) is 0. The molecule has 1 fully saturated rings. The topological polar surface area (TPSA) is 55.4 Å². The maximum Gasteiger partial charge on any atom is 0.302 e. The Bertz CT molecular complexity index is 430. The molecule has 0 saturated carbocycles. The van der Waals surface area contributed by atoms with E-state index in [-0.39, 0.29) is 23.8 Å². The Balaban J connectivity index is 1.83. The minimum Gasteiger partial charge on any atom is -0.466 e. The van der Waals surface area contributed by atoms with Gasteiger partial charge >= 0.3 is 5.97 Å². The van der Waals surface area contributed by atoms with Gasteiger partial charge in [-0.05, 0) is 12.0 Å². The molecular formula is C14H17NO3. The van der Waals surface area contributed by atoms with Crippen LogP contribution in [0.1, 0.15) is 18.9 Å². The normalized spacial score (nSPS) is 21.9. The predicted octanol–water partition coefficient (Wildman–Crippen LogP) is 1.30. The minimum atomic E-state index is -0.278. The van der Waals surface area contributed by atoms with Gasteiger partial charge in [-0.2, -0.15) is 0 Å². The summed E-state index contributed by atoms with van der Waals surface area (Å²) in [6.45, 7) is 1.76. The number of nitrogens with one attached hydrogen (secondary N) is 1. The number of carbonyl (C=O) groups excluding carboxylic acids is 2. The van der Waals surface area contributed by atoms with Crippen LogP contribution in [0.5, 0.6) is 0 Å². The predicted molar refractivity (Wildman–Crippen MR) is 66.8 cm³/mol. The fourth-order valence-electron chi connectivity index (χ4n) is 2.18. The largest absolute Gasteiger partial charge is 0.466 e. The summed E-state index contributed by atoms with van der Waals surface area (Å²) in [6, 6.07) is 10.1. The fourth-order valence-corrected chi connectivity index (χ4v) is 2.18. The van der Waals surface area contributed by atoms with Gasteiger partial charge in [0.15, 0.2) is 0 Å². The first-order valence-corrected chi connectivity index (χ1v) is 6.14. The molecule has 1 aromatic rings. The molecule has 1 saturated heterocycles. The molecule has 2 rings (SSSR count). The van der Waals surface area contributed by atoms with Gasteiger partial charge in [-0.25, -0.2) is 0 Å². The van der Waals surface area contributed by atoms with Gasteiger partial charge in [0, 0.05) is 19.4 Å². The van der Waals surface area contributed by atoms with E-state index in [1.165, 1.54) is 6.92 Å². The summed E-state index contributed by atoms with van der Waals surface area (Å²) in [6.07, 6.45) is 1.43. The van der Waals surface area contributed by atoms with Crippen LogP contribution in [0.25, 0.3) is 0 Å². The van der Waals surface area contributed by atoms with E-state index in [0.717, 1.165) is 12.0 Å². The molecule has 1 N–H and O–H groups in total. The number of esters is 1. The molecule has 4 nitrogen and oxygen atoms in total. The van der Waals surface area contributed by atoms with E-state index in [9.17, 15) is 9.59 Å².